The van der Waals surface area contributed by atoms with Crippen molar-refractivity contribution in [2.45, 2.75) is 20.3 Å². The lowest BCUT2D eigenvalue weighted by Gasteiger charge is -2.08. The van der Waals surface area contributed by atoms with Gasteiger partial charge in [0.1, 0.15) is 5.75 Å². The van der Waals surface area contributed by atoms with Gasteiger partial charge in [-0.2, -0.15) is 0 Å². The van der Waals surface area contributed by atoms with Crippen molar-refractivity contribution in [3.05, 3.63) is 59.7 Å². The zero-order valence-electron chi connectivity index (χ0n) is 12.1. The largest absolute Gasteiger partial charge is 0.423 e. The molecule has 0 aliphatic rings. The van der Waals surface area contributed by atoms with E-state index < -0.39 is 5.97 Å². The molecule has 0 heterocycles. The summed E-state index contributed by atoms with van der Waals surface area (Å²) in [6, 6.07) is 14.0. The smallest absolute Gasteiger partial charge is 0.343 e. The number of hydrogen-bond donors (Lipinski definition) is 1. The molecule has 0 saturated carbocycles. The maximum atomic E-state index is 12.1. The fourth-order valence-electron chi connectivity index (χ4n) is 1.82. The first-order chi connectivity index (χ1) is 10.1. The Morgan fingerprint density at radius 3 is 2.33 bits per heavy atom. The second-order valence-corrected chi connectivity index (χ2v) is 4.63. The van der Waals surface area contributed by atoms with Gasteiger partial charge >= 0.3 is 5.97 Å². The molecule has 4 heteroatoms. The third-order valence-corrected chi connectivity index (χ3v) is 3.03. The number of nitrogens with one attached hydrogen (secondary N) is 1. The Balaban J connectivity index is 2.05. The summed E-state index contributed by atoms with van der Waals surface area (Å²) in [6.45, 7) is 3.65. The number of ether oxygens (including phenoxy) is 1. The van der Waals surface area contributed by atoms with Crippen LogP contribution in [0.5, 0.6) is 5.75 Å². The number of amides is 1. The van der Waals surface area contributed by atoms with E-state index in [0.29, 0.717) is 23.4 Å². The minimum atomic E-state index is -0.390. The second kappa shape index (κ2) is 6.70. The van der Waals surface area contributed by atoms with Crippen molar-refractivity contribution in [2.24, 2.45) is 0 Å². The average molecular weight is 283 g/mol. The van der Waals surface area contributed by atoms with Crippen LogP contribution in [-0.2, 0) is 4.79 Å². The number of esters is 1. The average Bonchev–Trinajstić information content (AvgIpc) is 2.49. The molecule has 2 rings (SSSR count). The predicted octanol–water partition coefficient (Wildman–Crippen LogP) is 3.56. The molecule has 4 nitrogen and oxygen atoms in total. The van der Waals surface area contributed by atoms with Crippen LogP contribution >= 0.6 is 0 Å². The zero-order chi connectivity index (χ0) is 15.2. The standard InChI is InChI=1S/C17H17NO3/c1-3-16(19)18-13-8-10-14(11-9-13)21-17(20)15-7-5-4-6-12(15)2/h4-11H,3H2,1-2H3,(H,18,19). The Kier molecular flexibility index (Phi) is 4.72. The van der Waals surface area contributed by atoms with Crippen molar-refractivity contribution in [1.82, 2.24) is 0 Å². The van der Waals surface area contributed by atoms with E-state index in [2.05, 4.69) is 5.32 Å². The van der Waals surface area contributed by atoms with Crippen LogP contribution in [0.3, 0.4) is 0 Å². The van der Waals surface area contributed by atoms with Crippen LogP contribution in [0.1, 0.15) is 29.3 Å². The minimum absolute atomic E-state index is 0.0559. The lowest BCUT2D eigenvalue weighted by Crippen LogP contribution is -2.11. The highest BCUT2D eigenvalue weighted by Crippen LogP contribution is 2.18. The summed E-state index contributed by atoms with van der Waals surface area (Å²) >= 11 is 0. The normalized spacial score (nSPS) is 10.0. The molecule has 1 amide bonds. The van der Waals surface area contributed by atoms with E-state index in [1.807, 2.05) is 19.1 Å². The van der Waals surface area contributed by atoms with Crippen molar-refractivity contribution in [3.8, 4) is 5.75 Å². The van der Waals surface area contributed by atoms with Crippen LogP contribution in [0.25, 0.3) is 0 Å². The van der Waals surface area contributed by atoms with Gasteiger partial charge in [0.2, 0.25) is 5.91 Å². The first kappa shape index (κ1) is 14.8. The molecule has 0 atom stereocenters. The highest BCUT2D eigenvalue weighted by Gasteiger charge is 2.10. The Bertz CT molecular complexity index is 647. The quantitative estimate of drug-likeness (QED) is 0.689. The Hall–Kier alpha value is -2.62. The molecule has 21 heavy (non-hydrogen) atoms. The maximum absolute atomic E-state index is 12.1. The molecule has 108 valence electrons. The summed E-state index contributed by atoms with van der Waals surface area (Å²) < 4.78 is 5.32. The van der Waals surface area contributed by atoms with Gasteiger partial charge in [-0.15, -0.1) is 0 Å². The zero-order valence-corrected chi connectivity index (χ0v) is 12.1. The van der Waals surface area contributed by atoms with Gasteiger partial charge in [0.15, 0.2) is 0 Å². The minimum Gasteiger partial charge on any atom is -0.423 e. The first-order valence-corrected chi connectivity index (χ1v) is 6.78. The second-order valence-electron chi connectivity index (χ2n) is 4.63. The van der Waals surface area contributed by atoms with Gasteiger partial charge in [-0.05, 0) is 42.8 Å². The van der Waals surface area contributed by atoms with Gasteiger partial charge in [-0.25, -0.2) is 4.79 Å². The van der Waals surface area contributed by atoms with Crippen molar-refractivity contribution in [3.63, 3.8) is 0 Å². The Morgan fingerprint density at radius 1 is 1.05 bits per heavy atom. The number of rotatable bonds is 4. The molecule has 0 fully saturated rings. The fourth-order valence-corrected chi connectivity index (χ4v) is 1.82. The molecule has 2 aromatic rings. The highest BCUT2D eigenvalue weighted by atomic mass is 16.5. The summed E-state index contributed by atoms with van der Waals surface area (Å²) in [5.41, 5.74) is 2.09. The SMILES string of the molecule is CCC(=O)Nc1ccc(OC(=O)c2ccccc2C)cc1. The molecule has 0 radical (unpaired) electrons. The van der Waals surface area contributed by atoms with Gasteiger partial charge in [-0.3, -0.25) is 4.79 Å². The number of aryl methyl sites for hydroxylation is 1. The van der Waals surface area contributed by atoms with Gasteiger partial charge < -0.3 is 10.1 Å². The summed E-state index contributed by atoms with van der Waals surface area (Å²) in [6.07, 6.45) is 0.421. The highest BCUT2D eigenvalue weighted by molar-refractivity contribution is 5.93. The number of benzene rings is 2. The monoisotopic (exact) mass is 283 g/mol. The number of carbonyl (C=O) groups excluding carboxylic acids is 2. The molecule has 0 aromatic heterocycles. The van der Waals surface area contributed by atoms with Crippen molar-refractivity contribution in [2.75, 3.05) is 5.32 Å². The third-order valence-electron chi connectivity index (χ3n) is 3.03. The van der Waals surface area contributed by atoms with E-state index in [0.717, 1.165) is 5.56 Å². The molecule has 0 spiro atoms. The van der Waals surface area contributed by atoms with E-state index >= 15 is 0 Å². The lowest BCUT2D eigenvalue weighted by molar-refractivity contribution is -0.115. The van der Waals surface area contributed by atoms with Gasteiger partial charge in [0.25, 0.3) is 0 Å². The van der Waals surface area contributed by atoms with Crippen molar-refractivity contribution < 1.29 is 14.3 Å². The van der Waals surface area contributed by atoms with E-state index in [1.165, 1.54) is 0 Å². The summed E-state index contributed by atoms with van der Waals surface area (Å²) in [7, 11) is 0. The van der Waals surface area contributed by atoms with Crippen molar-refractivity contribution >= 4 is 17.6 Å². The molecule has 2 aromatic carbocycles. The Labute approximate surface area is 123 Å². The fraction of sp³-hybridized carbons (Fsp3) is 0.176. The van der Waals surface area contributed by atoms with Crippen LogP contribution in [0.4, 0.5) is 5.69 Å². The number of hydrogen-bond acceptors (Lipinski definition) is 3. The molecule has 1 N–H and O–H groups in total. The van der Waals surface area contributed by atoms with Gasteiger partial charge in [0.05, 0.1) is 5.56 Å². The molecule has 0 aliphatic heterocycles. The summed E-state index contributed by atoms with van der Waals surface area (Å²) in [5.74, 6) is -0.00384. The van der Waals surface area contributed by atoms with Gasteiger partial charge in [0, 0.05) is 12.1 Å². The van der Waals surface area contributed by atoms with Crippen LogP contribution in [0.15, 0.2) is 48.5 Å². The van der Waals surface area contributed by atoms with Crippen LogP contribution < -0.4 is 10.1 Å². The van der Waals surface area contributed by atoms with Crippen LogP contribution in [0, 0.1) is 6.92 Å². The van der Waals surface area contributed by atoms with Gasteiger partial charge in [-0.1, -0.05) is 25.1 Å². The number of anilines is 1. The molecule has 0 aliphatic carbocycles. The van der Waals surface area contributed by atoms with Crippen molar-refractivity contribution in [1.29, 1.82) is 0 Å². The third kappa shape index (κ3) is 3.92. The maximum Gasteiger partial charge on any atom is 0.343 e. The molecule has 0 unspecified atom stereocenters. The molecule has 0 saturated heterocycles. The van der Waals surface area contributed by atoms with E-state index in [9.17, 15) is 9.59 Å². The van der Waals surface area contributed by atoms with E-state index in [-0.39, 0.29) is 5.91 Å². The molecular weight excluding hydrogens is 266 g/mol. The molecule has 0 bridgehead atoms. The Morgan fingerprint density at radius 2 is 1.71 bits per heavy atom. The lowest BCUT2D eigenvalue weighted by atomic mass is 10.1. The first-order valence-electron chi connectivity index (χ1n) is 6.78. The molecular formula is C17H17NO3. The summed E-state index contributed by atoms with van der Waals surface area (Å²) in [4.78, 5) is 23.3. The van der Waals surface area contributed by atoms with E-state index in [4.69, 9.17) is 4.74 Å². The van der Waals surface area contributed by atoms with Crippen LogP contribution in [0.2, 0.25) is 0 Å². The predicted molar refractivity (Wildman–Crippen MR) is 81.5 cm³/mol. The number of carbonyl (C=O) groups is 2. The van der Waals surface area contributed by atoms with E-state index in [1.54, 1.807) is 43.3 Å². The summed E-state index contributed by atoms with van der Waals surface area (Å²) in [5, 5.41) is 2.73. The van der Waals surface area contributed by atoms with Crippen LogP contribution in [-0.4, -0.2) is 11.9 Å². The topological polar surface area (TPSA) is 55.4 Å².